The standard InChI is InChI=1S/C11H9N5S/c1-2-7-17-11-15-13-9-16(11)14-8-10-5-3-4-6-12-10/h1,3-6,8-9H,7H2/b14-8+. The molecule has 2 heterocycles. The van der Waals surface area contributed by atoms with Crippen molar-refractivity contribution in [2.24, 2.45) is 5.10 Å². The molecule has 0 spiro atoms. The molecule has 0 aromatic carbocycles. The molecule has 6 heteroatoms. The Labute approximate surface area is 103 Å². The van der Waals surface area contributed by atoms with Gasteiger partial charge in [-0.15, -0.1) is 16.6 Å². The topological polar surface area (TPSA) is 56.0 Å². The summed E-state index contributed by atoms with van der Waals surface area (Å²) in [7, 11) is 0. The van der Waals surface area contributed by atoms with E-state index in [1.807, 2.05) is 18.2 Å². The maximum absolute atomic E-state index is 5.18. The van der Waals surface area contributed by atoms with Gasteiger partial charge in [-0.1, -0.05) is 23.7 Å². The summed E-state index contributed by atoms with van der Waals surface area (Å²) in [5.74, 6) is 3.06. The number of hydrogen-bond donors (Lipinski definition) is 0. The number of nitrogens with zero attached hydrogens (tertiary/aromatic N) is 5. The van der Waals surface area contributed by atoms with E-state index in [2.05, 4.69) is 26.2 Å². The second-order valence-corrected chi connectivity index (χ2v) is 3.89. The van der Waals surface area contributed by atoms with E-state index in [-0.39, 0.29) is 0 Å². The lowest BCUT2D eigenvalue weighted by molar-refractivity contribution is 0.767. The molecule has 0 atom stereocenters. The smallest absolute Gasteiger partial charge is 0.212 e. The van der Waals surface area contributed by atoms with Crippen molar-refractivity contribution >= 4 is 18.0 Å². The Morgan fingerprint density at radius 1 is 1.53 bits per heavy atom. The van der Waals surface area contributed by atoms with Gasteiger partial charge in [0.1, 0.15) is 6.33 Å². The minimum atomic E-state index is 0.539. The molecule has 0 N–H and O–H groups in total. The Kier molecular flexibility index (Phi) is 3.89. The van der Waals surface area contributed by atoms with E-state index in [0.29, 0.717) is 10.9 Å². The monoisotopic (exact) mass is 243 g/mol. The molecular weight excluding hydrogens is 234 g/mol. The Balaban J connectivity index is 2.11. The van der Waals surface area contributed by atoms with Crippen LogP contribution in [-0.2, 0) is 0 Å². The second kappa shape index (κ2) is 5.82. The lowest BCUT2D eigenvalue weighted by Gasteiger charge is -1.96. The van der Waals surface area contributed by atoms with E-state index in [4.69, 9.17) is 6.42 Å². The molecule has 0 aliphatic heterocycles. The average Bonchev–Trinajstić information content (AvgIpc) is 2.82. The first-order valence-corrected chi connectivity index (χ1v) is 5.80. The van der Waals surface area contributed by atoms with Crippen LogP contribution in [0, 0.1) is 12.3 Å². The summed E-state index contributed by atoms with van der Waals surface area (Å²) in [5.41, 5.74) is 0.772. The molecule has 0 radical (unpaired) electrons. The fourth-order valence-corrected chi connectivity index (χ4v) is 1.62. The van der Waals surface area contributed by atoms with Crippen molar-refractivity contribution < 1.29 is 0 Å². The van der Waals surface area contributed by atoms with Gasteiger partial charge in [-0.25, -0.2) is 0 Å². The van der Waals surface area contributed by atoms with Crippen molar-refractivity contribution in [3.05, 3.63) is 36.4 Å². The third-order valence-corrected chi connectivity index (χ3v) is 2.62. The van der Waals surface area contributed by atoms with Crippen LogP contribution in [0.5, 0.6) is 0 Å². The molecule has 2 aromatic heterocycles. The zero-order valence-corrected chi connectivity index (χ0v) is 9.71. The highest BCUT2D eigenvalue weighted by Crippen LogP contribution is 2.13. The van der Waals surface area contributed by atoms with Gasteiger partial charge in [0.2, 0.25) is 5.16 Å². The molecule has 2 rings (SSSR count). The molecular formula is C11H9N5S. The number of pyridine rings is 1. The molecule has 84 valence electrons. The molecule has 0 saturated heterocycles. The number of thioether (sulfide) groups is 1. The maximum Gasteiger partial charge on any atom is 0.212 e. The molecule has 0 aliphatic carbocycles. The summed E-state index contributed by atoms with van der Waals surface area (Å²) in [6, 6.07) is 5.61. The van der Waals surface area contributed by atoms with Gasteiger partial charge in [-0.2, -0.15) is 9.78 Å². The molecule has 0 aliphatic rings. The van der Waals surface area contributed by atoms with Gasteiger partial charge >= 0.3 is 0 Å². The maximum atomic E-state index is 5.18. The zero-order chi connectivity index (χ0) is 11.9. The summed E-state index contributed by atoms with van der Waals surface area (Å²) in [4.78, 5) is 4.13. The molecule has 17 heavy (non-hydrogen) atoms. The predicted molar refractivity (Wildman–Crippen MR) is 66.8 cm³/mol. The van der Waals surface area contributed by atoms with E-state index in [0.717, 1.165) is 5.69 Å². The van der Waals surface area contributed by atoms with Crippen LogP contribution in [0.2, 0.25) is 0 Å². The van der Waals surface area contributed by atoms with E-state index in [1.54, 1.807) is 17.1 Å². The first-order chi connectivity index (χ1) is 8.40. The van der Waals surface area contributed by atoms with Crippen LogP contribution in [0.1, 0.15) is 5.69 Å². The third-order valence-electron chi connectivity index (χ3n) is 1.79. The third kappa shape index (κ3) is 3.16. The first kappa shape index (κ1) is 11.4. The molecule has 0 fully saturated rings. The van der Waals surface area contributed by atoms with E-state index in [1.165, 1.54) is 18.1 Å². The summed E-state index contributed by atoms with van der Waals surface area (Å²) in [5, 5.41) is 12.6. The van der Waals surface area contributed by atoms with Crippen molar-refractivity contribution in [1.29, 1.82) is 0 Å². The van der Waals surface area contributed by atoms with Crippen LogP contribution in [-0.4, -0.2) is 31.8 Å². The van der Waals surface area contributed by atoms with Gasteiger partial charge in [0, 0.05) is 6.20 Å². The van der Waals surface area contributed by atoms with Gasteiger partial charge < -0.3 is 0 Å². The van der Waals surface area contributed by atoms with Crippen LogP contribution in [0.3, 0.4) is 0 Å². The van der Waals surface area contributed by atoms with E-state index < -0.39 is 0 Å². The van der Waals surface area contributed by atoms with Crippen LogP contribution < -0.4 is 0 Å². The molecule has 0 saturated carbocycles. The predicted octanol–water partition coefficient (Wildman–Crippen LogP) is 1.28. The quantitative estimate of drug-likeness (QED) is 0.461. The summed E-state index contributed by atoms with van der Waals surface area (Å²) >= 11 is 1.41. The SMILES string of the molecule is C#CCSc1nncn1/N=C/c1ccccn1. The number of aromatic nitrogens is 4. The van der Waals surface area contributed by atoms with E-state index in [9.17, 15) is 0 Å². The van der Waals surface area contributed by atoms with Gasteiger partial charge in [0.15, 0.2) is 0 Å². The fraction of sp³-hybridized carbons (Fsp3) is 0.0909. The lowest BCUT2D eigenvalue weighted by Crippen LogP contribution is -1.93. The Bertz CT molecular complexity index is 540. The van der Waals surface area contributed by atoms with Gasteiger partial charge in [0.05, 0.1) is 17.7 Å². The highest BCUT2D eigenvalue weighted by Gasteiger charge is 2.01. The highest BCUT2D eigenvalue weighted by atomic mass is 32.2. The van der Waals surface area contributed by atoms with Crippen molar-refractivity contribution in [3.63, 3.8) is 0 Å². The minimum absolute atomic E-state index is 0.539. The Morgan fingerprint density at radius 2 is 2.47 bits per heavy atom. The fourth-order valence-electron chi connectivity index (χ4n) is 1.07. The van der Waals surface area contributed by atoms with Crippen LogP contribution in [0.4, 0.5) is 0 Å². The first-order valence-electron chi connectivity index (χ1n) is 4.82. The van der Waals surface area contributed by atoms with Crippen LogP contribution >= 0.6 is 11.8 Å². The molecule has 5 nitrogen and oxygen atoms in total. The Hall–Kier alpha value is -2.13. The largest absolute Gasteiger partial charge is 0.255 e. The van der Waals surface area contributed by atoms with Crippen LogP contribution in [0.25, 0.3) is 0 Å². The van der Waals surface area contributed by atoms with Gasteiger partial charge in [0.25, 0.3) is 0 Å². The molecule has 0 bridgehead atoms. The molecule has 2 aromatic rings. The van der Waals surface area contributed by atoms with Crippen molar-refractivity contribution in [3.8, 4) is 12.3 Å². The van der Waals surface area contributed by atoms with Crippen molar-refractivity contribution in [1.82, 2.24) is 19.9 Å². The van der Waals surface area contributed by atoms with Gasteiger partial charge in [-0.3, -0.25) is 4.98 Å². The highest BCUT2D eigenvalue weighted by molar-refractivity contribution is 7.99. The van der Waals surface area contributed by atoms with Crippen molar-refractivity contribution in [2.45, 2.75) is 5.16 Å². The average molecular weight is 243 g/mol. The molecule has 0 unspecified atom stereocenters. The summed E-state index contributed by atoms with van der Waals surface area (Å²) < 4.78 is 1.57. The van der Waals surface area contributed by atoms with Crippen molar-refractivity contribution in [2.75, 3.05) is 5.75 Å². The zero-order valence-electron chi connectivity index (χ0n) is 8.89. The summed E-state index contributed by atoms with van der Waals surface area (Å²) in [6.07, 6.45) is 10.1. The number of terminal acetylenes is 1. The molecule has 0 amide bonds. The number of rotatable bonds is 4. The Morgan fingerprint density at radius 3 is 3.24 bits per heavy atom. The minimum Gasteiger partial charge on any atom is -0.255 e. The normalized spacial score (nSPS) is 10.5. The van der Waals surface area contributed by atoms with Gasteiger partial charge in [-0.05, 0) is 12.1 Å². The lowest BCUT2D eigenvalue weighted by atomic mass is 10.4. The second-order valence-electron chi connectivity index (χ2n) is 2.95. The number of hydrogen-bond acceptors (Lipinski definition) is 5. The summed E-state index contributed by atoms with van der Waals surface area (Å²) in [6.45, 7) is 0. The van der Waals surface area contributed by atoms with Crippen LogP contribution in [0.15, 0.2) is 41.0 Å². The van der Waals surface area contributed by atoms with E-state index >= 15 is 0 Å².